The highest BCUT2D eigenvalue weighted by Gasteiger charge is 2.05. The van der Waals surface area contributed by atoms with Crippen LogP contribution in [0.2, 0.25) is 0 Å². The van der Waals surface area contributed by atoms with Crippen LogP contribution in [-0.2, 0) is 6.42 Å². The molecule has 0 fully saturated rings. The van der Waals surface area contributed by atoms with Gasteiger partial charge in [-0.05, 0) is 46.8 Å². The minimum atomic E-state index is 0.166. The summed E-state index contributed by atoms with van der Waals surface area (Å²) in [7, 11) is 0. The molecule has 1 aromatic carbocycles. The summed E-state index contributed by atoms with van der Waals surface area (Å²) in [6, 6.07) is 12.7. The van der Waals surface area contributed by atoms with E-state index in [-0.39, 0.29) is 6.04 Å². The number of hydrogen-bond acceptors (Lipinski definition) is 2. The Balaban J connectivity index is 1.79. The lowest BCUT2D eigenvalue weighted by molar-refractivity contribution is 0.614. The second kappa shape index (κ2) is 6.34. The molecule has 2 N–H and O–H groups in total. The second-order valence-electron chi connectivity index (χ2n) is 4.14. The third kappa shape index (κ3) is 3.95. The van der Waals surface area contributed by atoms with Crippen molar-refractivity contribution >= 4 is 27.3 Å². The summed E-state index contributed by atoms with van der Waals surface area (Å²) < 4.78 is 1.19. The predicted octanol–water partition coefficient (Wildman–Crippen LogP) is 4.53. The largest absolute Gasteiger partial charge is 0.324 e. The van der Waals surface area contributed by atoms with Gasteiger partial charge >= 0.3 is 0 Å². The van der Waals surface area contributed by atoms with Gasteiger partial charge in [-0.1, -0.05) is 30.3 Å². The summed E-state index contributed by atoms with van der Waals surface area (Å²) in [6.45, 7) is 0. The molecule has 0 amide bonds. The molecular formula is C14H16BrNS. The topological polar surface area (TPSA) is 26.0 Å². The van der Waals surface area contributed by atoms with Gasteiger partial charge in [-0.25, -0.2) is 0 Å². The number of rotatable bonds is 5. The van der Waals surface area contributed by atoms with E-state index in [0.29, 0.717) is 0 Å². The number of thiophene rings is 1. The first-order chi connectivity index (χ1) is 8.25. The number of halogens is 1. The highest BCUT2D eigenvalue weighted by atomic mass is 79.9. The molecule has 0 bridgehead atoms. The minimum Gasteiger partial charge on any atom is -0.324 e. The normalized spacial score (nSPS) is 12.6. The van der Waals surface area contributed by atoms with Gasteiger partial charge < -0.3 is 5.73 Å². The first-order valence-corrected chi connectivity index (χ1v) is 7.46. The van der Waals surface area contributed by atoms with E-state index >= 15 is 0 Å². The average molecular weight is 310 g/mol. The molecule has 1 atom stereocenters. The zero-order chi connectivity index (χ0) is 12.1. The van der Waals surface area contributed by atoms with Crippen LogP contribution < -0.4 is 5.73 Å². The molecule has 3 heteroatoms. The SMILES string of the molecule is NC(CCCc1cc(Br)cs1)c1ccccc1. The Morgan fingerprint density at radius 2 is 2.00 bits per heavy atom. The van der Waals surface area contributed by atoms with Gasteiger partial charge in [-0.3, -0.25) is 0 Å². The van der Waals surface area contributed by atoms with Gasteiger partial charge in [0.1, 0.15) is 0 Å². The lowest BCUT2D eigenvalue weighted by Crippen LogP contribution is -2.10. The van der Waals surface area contributed by atoms with Crippen molar-refractivity contribution in [3.63, 3.8) is 0 Å². The lowest BCUT2D eigenvalue weighted by Gasteiger charge is -2.11. The zero-order valence-electron chi connectivity index (χ0n) is 9.60. The fourth-order valence-electron chi connectivity index (χ4n) is 1.85. The van der Waals surface area contributed by atoms with Crippen molar-refractivity contribution in [3.05, 3.63) is 56.7 Å². The van der Waals surface area contributed by atoms with Crippen molar-refractivity contribution < 1.29 is 0 Å². The molecule has 0 aliphatic rings. The van der Waals surface area contributed by atoms with Crippen molar-refractivity contribution in [3.8, 4) is 0 Å². The molecule has 0 aliphatic heterocycles. The zero-order valence-corrected chi connectivity index (χ0v) is 12.0. The second-order valence-corrected chi connectivity index (χ2v) is 6.05. The molecule has 90 valence electrons. The van der Waals surface area contributed by atoms with Gasteiger partial charge in [0.2, 0.25) is 0 Å². The summed E-state index contributed by atoms with van der Waals surface area (Å²) in [6.07, 6.45) is 3.30. The van der Waals surface area contributed by atoms with Crippen LogP contribution in [0.25, 0.3) is 0 Å². The highest BCUT2D eigenvalue weighted by molar-refractivity contribution is 9.10. The summed E-state index contributed by atoms with van der Waals surface area (Å²) in [5.41, 5.74) is 7.39. The highest BCUT2D eigenvalue weighted by Crippen LogP contribution is 2.23. The van der Waals surface area contributed by atoms with Gasteiger partial charge in [-0.15, -0.1) is 11.3 Å². The Morgan fingerprint density at radius 1 is 1.24 bits per heavy atom. The molecule has 0 saturated heterocycles. The number of aryl methyl sites for hydroxylation is 1. The Hall–Kier alpha value is -0.640. The van der Waals surface area contributed by atoms with E-state index in [2.05, 4.69) is 39.5 Å². The van der Waals surface area contributed by atoms with Gasteiger partial charge in [-0.2, -0.15) is 0 Å². The van der Waals surface area contributed by atoms with Crippen LogP contribution in [-0.4, -0.2) is 0 Å². The third-order valence-corrected chi connectivity index (χ3v) is 4.55. The Kier molecular flexibility index (Phi) is 4.77. The van der Waals surface area contributed by atoms with Crippen LogP contribution in [0, 0.1) is 0 Å². The van der Waals surface area contributed by atoms with Crippen molar-refractivity contribution in [1.82, 2.24) is 0 Å². The summed E-state index contributed by atoms with van der Waals surface area (Å²) in [4.78, 5) is 1.43. The van der Waals surface area contributed by atoms with Crippen LogP contribution in [0.3, 0.4) is 0 Å². The minimum absolute atomic E-state index is 0.166. The summed E-state index contributed by atoms with van der Waals surface area (Å²) in [5.74, 6) is 0. The standard InChI is InChI=1S/C14H16BrNS/c15-12-9-13(17-10-12)7-4-8-14(16)11-5-2-1-3-6-11/h1-3,5-6,9-10,14H,4,7-8,16H2. The monoisotopic (exact) mass is 309 g/mol. The number of hydrogen-bond donors (Lipinski definition) is 1. The Bertz CT molecular complexity index is 452. The maximum Gasteiger partial charge on any atom is 0.0294 e. The van der Waals surface area contributed by atoms with Gasteiger partial charge in [0.05, 0.1) is 0 Å². The molecule has 1 nitrogen and oxygen atoms in total. The first kappa shape index (κ1) is 12.8. The van der Waals surface area contributed by atoms with E-state index in [0.717, 1.165) is 19.3 Å². The maximum absolute atomic E-state index is 6.16. The molecule has 0 spiro atoms. The average Bonchev–Trinajstić information content (AvgIpc) is 2.76. The van der Waals surface area contributed by atoms with Gasteiger partial charge in [0.15, 0.2) is 0 Å². The van der Waals surface area contributed by atoms with Crippen molar-refractivity contribution in [2.24, 2.45) is 5.73 Å². The summed E-state index contributed by atoms with van der Waals surface area (Å²) in [5, 5.41) is 2.13. The molecule has 1 heterocycles. The molecule has 0 aliphatic carbocycles. The molecule has 0 radical (unpaired) electrons. The fourth-order valence-corrected chi connectivity index (χ4v) is 3.35. The van der Waals surface area contributed by atoms with E-state index in [1.165, 1.54) is 14.9 Å². The maximum atomic E-state index is 6.16. The first-order valence-electron chi connectivity index (χ1n) is 5.79. The fraction of sp³-hybridized carbons (Fsp3) is 0.286. The number of benzene rings is 1. The van der Waals surface area contributed by atoms with Crippen molar-refractivity contribution in [1.29, 1.82) is 0 Å². The Labute approximate surface area is 115 Å². The van der Waals surface area contributed by atoms with E-state index in [1.54, 1.807) is 0 Å². The van der Waals surface area contributed by atoms with Crippen LogP contribution in [0.5, 0.6) is 0 Å². The van der Waals surface area contributed by atoms with Crippen LogP contribution in [0.1, 0.15) is 29.3 Å². The van der Waals surface area contributed by atoms with Crippen molar-refractivity contribution in [2.75, 3.05) is 0 Å². The van der Waals surface area contributed by atoms with E-state index < -0.39 is 0 Å². The predicted molar refractivity (Wildman–Crippen MR) is 78.3 cm³/mol. The molecule has 1 unspecified atom stereocenters. The van der Waals surface area contributed by atoms with Gasteiger partial charge in [0, 0.05) is 20.8 Å². The lowest BCUT2D eigenvalue weighted by atomic mass is 10.0. The molecule has 2 rings (SSSR count). The van der Waals surface area contributed by atoms with E-state index in [4.69, 9.17) is 5.73 Å². The molecule has 2 aromatic rings. The smallest absolute Gasteiger partial charge is 0.0294 e. The van der Waals surface area contributed by atoms with Crippen LogP contribution in [0.15, 0.2) is 46.3 Å². The van der Waals surface area contributed by atoms with Crippen LogP contribution in [0.4, 0.5) is 0 Å². The molecule has 17 heavy (non-hydrogen) atoms. The van der Waals surface area contributed by atoms with Gasteiger partial charge in [0.25, 0.3) is 0 Å². The summed E-state index contributed by atoms with van der Waals surface area (Å²) >= 11 is 5.28. The van der Waals surface area contributed by atoms with E-state index in [1.807, 2.05) is 29.5 Å². The molecule has 1 aromatic heterocycles. The number of nitrogens with two attached hydrogens (primary N) is 1. The Morgan fingerprint density at radius 3 is 2.65 bits per heavy atom. The molecular weight excluding hydrogens is 294 g/mol. The molecule has 0 saturated carbocycles. The van der Waals surface area contributed by atoms with E-state index in [9.17, 15) is 0 Å². The third-order valence-electron chi connectivity index (χ3n) is 2.79. The quantitative estimate of drug-likeness (QED) is 0.862. The van der Waals surface area contributed by atoms with Crippen LogP contribution >= 0.6 is 27.3 Å². The van der Waals surface area contributed by atoms with Crippen molar-refractivity contribution in [2.45, 2.75) is 25.3 Å².